The van der Waals surface area contributed by atoms with E-state index in [1.54, 1.807) is 23.1 Å². The van der Waals surface area contributed by atoms with Gasteiger partial charge in [-0.3, -0.25) is 9.59 Å². The predicted molar refractivity (Wildman–Crippen MR) is 106 cm³/mol. The fourth-order valence-electron chi connectivity index (χ4n) is 2.90. The van der Waals surface area contributed by atoms with Crippen molar-refractivity contribution in [2.45, 2.75) is 13.3 Å². The molecular formula is C19H18BrClN2O3. The molecule has 0 spiro atoms. The van der Waals surface area contributed by atoms with Gasteiger partial charge in [0, 0.05) is 17.4 Å². The van der Waals surface area contributed by atoms with Gasteiger partial charge in [-0.15, -0.1) is 0 Å². The first kappa shape index (κ1) is 18.7. The Kier molecular flexibility index (Phi) is 5.84. The first-order valence-electron chi connectivity index (χ1n) is 8.27. The normalized spacial score (nSPS) is 16.7. The fraction of sp³-hybridized carbons (Fsp3) is 0.263. The van der Waals surface area contributed by atoms with Crippen LogP contribution in [0, 0.1) is 5.92 Å². The first-order chi connectivity index (χ1) is 12.5. The lowest BCUT2D eigenvalue weighted by Crippen LogP contribution is -2.28. The molecule has 1 aliphatic heterocycles. The Balaban J connectivity index is 1.74. The molecule has 1 N–H and O–H groups in total. The molecule has 1 unspecified atom stereocenters. The highest BCUT2D eigenvalue weighted by atomic mass is 79.9. The lowest BCUT2D eigenvalue weighted by atomic mass is 10.1. The second-order valence-electron chi connectivity index (χ2n) is 5.92. The molecule has 1 saturated heterocycles. The van der Waals surface area contributed by atoms with Crippen LogP contribution in [0.5, 0.6) is 5.75 Å². The van der Waals surface area contributed by atoms with Crippen LogP contribution in [0.15, 0.2) is 46.9 Å². The summed E-state index contributed by atoms with van der Waals surface area (Å²) in [6.07, 6.45) is 0.153. The van der Waals surface area contributed by atoms with Crippen molar-refractivity contribution in [3.05, 3.63) is 52.0 Å². The van der Waals surface area contributed by atoms with E-state index in [0.717, 1.165) is 4.47 Å². The standard InChI is InChI=1S/C19H18BrClN2O3/c1-2-26-17-6-4-3-5-16(17)23-11-12(9-18(23)24)19(25)22-15-8-7-13(20)10-14(15)21/h3-8,10,12H,2,9,11H2,1H3,(H,22,25). The Morgan fingerprint density at radius 3 is 2.85 bits per heavy atom. The summed E-state index contributed by atoms with van der Waals surface area (Å²) >= 11 is 9.48. The van der Waals surface area contributed by atoms with Gasteiger partial charge >= 0.3 is 0 Å². The highest BCUT2D eigenvalue weighted by molar-refractivity contribution is 9.10. The second kappa shape index (κ2) is 8.10. The molecule has 1 fully saturated rings. The average Bonchev–Trinajstić information content (AvgIpc) is 3.00. The molecule has 1 aliphatic rings. The number of ether oxygens (including phenoxy) is 1. The van der Waals surface area contributed by atoms with E-state index in [9.17, 15) is 9.59 Å². The van der Waals surface area contributed by atoms with Gasteiger partial charge in [0.05, 0.1) is 28.9 Å². The number of carbonyl (C=O) groups is 2. The number of amides is 2. The van der Waals surface area contributed by atoms with Crippen LogP contribution in [0.2, 0.25) is 5.02 Å². The third kappa shape index (κ3) is 4.02. The van der Waals surface area contributed by atoms with Gasteiger partial charge in [-0.1, -0.05) is 39.7 Å². The van der Waals surface area contributed by atoms with Crippen LogP contribution in [0.1, 0.15) is 13.3 Å². The number of carbonyl (C=O) groups excluding carboxylic acids is 2. The minimum atomic E-state index is -0.447. The van der Waals surface area contributed by atoms with Crippen molar-refractivity contribution in [3.8, 4) is 5.75 Å². The zero-order valence-electron chi connectivity index (χ0n) is 14.2. The number of nitrogens with one attached hydrogen (secondary N) is 1. The Labute approximate surface area is 165 Å². The molecule has 26 heavy (non-hydrogen) atoms. The van der Waals surface area contributed by atoms with Gasteiger partial charge < -0.3 is 15.0 Å². The van der Waals surface area contributed by atoms with Crippen LogP contribution in [0.3, 0.4) is 0 Å². The topological polar surface area (TPSA) is 58.6 Å². The lowest BCUT2D eigenvalue weighted by Gasteiger charge is -2.20. The second-order valence-corrected chi connectivity index (χ2v) is 7.24. The van der Waals surface area contributed by atoms with Crippen LogP contribution >= 0.6 is 27.5 Å². The molecule has 2 aromatic carbocycles. The molecule has 0 radical (unpaired) electrons. The van der Waals surface area contributed by atoms with Crippen LogP contribution in [-0.2, 0) is 9.59 Å². The van der Waals surface area contributed by atoms with Gasteiger partial charge in [0.2, 0.25) is 11.8 Å². The minimum Gasteiger partial charge on any atom is -0.492 e. The predicted octanol–water partition coefficient (Wildman–Crippen LogP) is 4.49. The third-order valence-electron chi connectivity index (χ3n) is 4.14. The Hall–Kier alpha value is -2.05. The highest BCUT2D eigenvalue weighted by Gasteiger charge is 2.36. The smallest absolute Gasteiger partial charge is 0.229 e. The van der Waals surface area contributed by atoms with Crippen LogP contribution < -0.4 is 15.0 Å². The number of hydrogen-bond acceptors (Lipinski definition) is 3. The molecule has 0 saturated carbocycles. The van der Waals surface area contributed by atoms with Crippen molar-refractivity contribution in [1.82, 2.24) is 0 Å². The summed E-state index contributed by atoms with van der Waals surface area (Å²) < 4.78 is 6.43. The SMILES string of the molecule is CCOc1ccccc1N1CC(C(=O)Nc2ccc(Br)cc2Cl)CC1=O. The maximum absolute atomic E-state index is 12.6. The van der Waals surface area contributed by atoms with Gasteiger partial charge in [0.25, 0.3) is 0 Å². The zero-order chi connectivity index (χ0) is 18.7. The number of para-hydroxylation sites is 2. The van der Waals surface area contributed by atoms with Crippen LogP contribution in [0.25, 0.3) is 0 Å². The number of nitrogens with zero attached hydrogens (tertiary/aromatic N) is 1. The van der Waals surface area contributed by atoms with Crippen LogP contribution in [0.4, 0.5) is 11.4 Å². The molecular weight excluding hydrogens is 420 g/mol. The average molecular weight is 438 g/mol. The molecule has 1 heterocycles. The van der Waals surface area contributed by atoms with E-state index in [-0.39, 0.29) is 18.2 Å². The number of halogens is 2. The van der Waals surface area contributed by atoms with Crippen molar-refractivity contribution < 1.29 is 14.3 Å². The van der Waals surface area contributed by atoms with E-state index >= 15 is 0 Å². The third-order valence-corrected chi connectivity index (χ3v) is 4.95. The van der Waals surface area contributed by atoms with Gasteiger partial charge in [-0.25, -0.2) is 0 Å². The van der Waals surface area contributed by atoms with Crippen LogP contribution in [-0.4, -0.2) is 25.0 Å². The van der Waals surface area contributed by atoms with Gasteiger partial charge in [0.15, 0.2) is 0 Å². The minimum absolute atomic E-state index is 0.0980. The highest BCUT2D eigenvalue weighted by Crippen LogP contribution is 2.34. The molecule has 0 aliphatic carbocycles. The monoisotopic (exact) mass is 436 g/mol. The maximum Gasteiger partial charge on any atom is 0.229 e. The summed E-state index contributed by atoms with van der Waals surface area (Å²) in [7, 11) is 0. The van der Waals surface area contributed by atoms with E-state index in [4.69, 9.17) is 16.3 Å². The molecule has 1 atom stereocenters. The van der Waals surface area contributed by atoms with E-state index in [1.165, 1.54) is 0 Å². The number of anilines is 2. The summed E-state index contributed by atoms with van der Waals surface area (Å²) in [6.45, 7) is 2.70. The van der Waals surface area contributed by atoms with Crippen molar-refractivity contribution in [1.29, 1.82) is 0 Å². The van der Waals surface area contributed by atoms with Crippen molar-refractivity contribution >= 4 is 50.7 Å². The van der Waals surface area contributed by atoms with Gasteiger partial charge in [-0.2, -0.15) is 0 Å². The quantitative estimate of drug-likeness (QED) is 0.749. The number of rotatable bonds is 5. The fourth-order valence-corrected chi connectivity index (χ4v) is 3.62. The molecule has 5 nitrogen and oxygen atoms in total. The summed E-state index contributed by atoms with van der Waals surface area (Å²) in [6, 6.07) is 12.6. The number of hydrogen-bond donors (Lipinski definition) is 1. The molecule has 7 heteroatoms. The Morgan fingerprint density at radius 1 is 1.35 bits per heavy atom. The summed E-state index contributed by atoms with van der Waals surface area (Å²) in [5.41, 5.74) is 1.22. The Bertz CT molecular complexity index is 843. The van der Waals surface area contributed by atoms with Gasteiger partial charge in [-0.05, 0) is 37.3 Å². The largest absolute Gasteiger partial charge is 0.492 e. The van der Waals surface area contributed by atoms with E-state index in [1.807, 2.05) is 31.2 Å². The molecule has 2 aromatic rings. The summed E-state index contributed by atoms with van der Waals surface area (Å²) in [5, 5.41) is 3.25. The molecule has 136 valence electrons. The number of benzene rings is 2. The summed E-state index contributed by atoms with van der Waals surface area (Å²) in [5.74, 6) is -0.129. The Morgan fingerprint density at radius 2 is 2.12 bits per heavy atom. The van der Waals surface area contributed by atoms with E-state index in [2.05, 4.69) is 21.2 Å². The molecule has 0 aromatic heterocycles. The maximum atomic E-state index is 12.6. The van der Waals surface area contributed by atoms with Crippen molar-refractivity contribution in [3.63, 3.8) is 0 Å². The summed E-state index contributed by atoms with van der Waals surface area (Å²) in [4.78, 5) is 26.7. The lowest BCUT2D eigenvalue weighted by molar-refractivity contribution is -0.122. The molecule has 3 rings (SSSR count). The zero-order valence-corrected chi connectivity index (χ0v) is 16.5. The first-order valence-corrected chi connectivity index (χ1v) is 9.44. The van der Waals surface area contributed by atoms with Crippen molar-refractivity contribution in [2.24, 2.45) is 5.92 Å². The molecule has 2 amide bonds. The van der Waals surface area contributed by atoms with E-state index < -0.39 is 5.92 Å². The van der Waals surface area contributed by atoms with Gasteiger partial charge in [0.1, 0.15) is 5.75 Å². The van der Waals surface area contributed by atoms with E-state index in [0.29, 0.717) is 35.3 Å². The van der Waals surface area contributed by atoms with Crippen molar-refractivity contribution in [2.75, 3.05) is 23.4 Å². The molecule has 0 bridgehead atoms.